The number of ether oxygens (including phenoxy) is 2. The van der Waals surface area contributed by atoms with Crippen molar-refractivity contribution in [3.63, 3.8) is 0 Å². The first kappa shape index (κ1) is 33.4. The SMILES string of the molecule is CCOc1c(C(N)=O)cc([C@@](O)(CNC(=O)c2cc(OC(F)F)c3ncc(C)cc3c2)C2CC2)nc1-c1ccc(F)c(C(F)(F)F)c1. The van der Waals surface area contributed by atoms with Crippen LogP contribution in [0.3, 0.4) is 0 Å². The summed E-state index contributed by atoms with van der Waals surface area (Å²) in [5.74, 6) is -4.52. The van der Waals surface area contributed by atoms with Gasteiger partial charge in [0.1, 0.15) is 22.6 Å². The van der Waals surface area contributed by atoms with Crippen molar-refractivity contribution >= 4 is 22.7 Å². The number of rotatable bonds is 11. The molecule has 2 aromatic heterocycles. The number of nitrogens with one attached hydrogen (secondary N) is 1. The molecule has 1 aliphatic carbocycles. The topological polar surface area (TPSA) is 137 Å². The van der Waals surface area contributed by atoms with E-state index in [1.165, 1.54) is 12.3 Å². The molecule has 4 aromatic rings. The maximum atomic E-state index is 14.2. The molecule has 0 bridgehead atoms. The maximum Gasteiger partial charge on any atom is 0.419 e. The number of nitrogens with zero attached hydrogens (tertiary/aromatic N) is 2. The number of hydrogen-bond donors (Lipinski definition) is 3. The van der Waals surface area contributed by atoms with E-state index in [4.69, 9.17) is 10.5 Å². The summed E-state index contributed by atoms with van der Waals surface area (Å²) >= 11 is 0. The van der Waals surface area contributed by atoms with Gasteiger partial charge in [-0.2, -0.15) is 22.0 Å². The number of aromatic nitrogens is 2. The lowest BCUT2D eigenvalue weighted by molar-refractivity contribution is -0.139. The molecule has 1 atom stereocenters. The first-order valence-corrected chi connectivity index (χ1v) is 14.3. The summed E-state index contributed by atoms with van der Waals surface area (Å²) < 4.78 is 91.4. The number of hydrogen-bond acceptors (Lipinski definition) is 7. The zero-order chi connectivity index (χ0) is 34.3. The van der Waals surface area contributed by atoms with Crippen LogP contribution in [-0.4, -0.2) is 46.7 Å². The van der Waals surface area contributed by atoms with Crippen LogP contribution < -0.4 is 20.5 Å². The number of nitrogens with two attached hydrogens (primary N) is 1. The lowest BCUT2D eigenvalue weighted by Crippen LogP contribution is -2.43. The molecular weight excluding hydrogens is 634 g/mol. The summed E-state index contributed by atoms with van der Waals surface area (Å²) in [5.41, 5.74) is 1.60. The van der Waals surface area contributed by atoms with Crippen molar-refractivity contribution in [2.24, 2.45) is 11.7 Å². The molecule has 0 radical (unpaired) electrons. The highest BCUT2D eigenvalue weighted by atomic mass is 19.4. The highest BCUT2D eigenvalue weighted by molar-refractivity contribution is 6.00. The minimum absolute atomic E-state index is 0.0529. The Hall–Kier alpha value is -4.92. The molecule has 1 aliphatic rings. The average molecular weight is 663 g/mol. The Kier molecular flexibility index (Phi) is 9.04. The fraction of sp³-hybridized carbons (Fsp3) is 0.312. The third kappa shape index (κ3) is 6.94. The number of carbonyl (C=O) groups is 2. The van der Waals surface area contributed by atoms with E-state index in [0.29, 0.717) is 35.9 Å². The minimum Gasteiger partial charge on any atom is -0.491 e. The van der Waals surface area contributed by atoms with Crippen molar-refractivity contribution in [2.75, 3.05) is 13.2 Å². The van der Waals surface area contributed by atoms with E-state index in [9.17, 15) is 41.0 Å². The first-order valence-electron chi connectivity index (χ1n) is 14.3. The van der Waals surface area contributed by atoms with E-state index >= 15 is 0 Å². The van der Waals surface area contributed by atoms with Gasteiger partial charge in [-0.05, 0) is 80.6 Å². The lowest BCUT2D eigenvalue weighted by atomic mass is 9.90. The van der Waals surface area contributed by atoms with Crippen LogP contribution in [0, 0.1) is 18.7 Å². The standard InChI is InChI=1S/C32H28F6N4O5/c1-3-46-27-20(28(39)43)12-24(42-26(27)16-4-7-22(33)21(10-16)32(36,37)38)31(45,19-5-6-19)14-41-29(44)18-9-17-8-15(2)13-40-25(17)23(11-18)47-30(34)35/h4,7-13,19,30,45H,3,5-6,14H2,1-2H3,(H2,39,43)(H,41,44)/t31-/m1/s1. The van der Waals surface area contributed by atoms with E-state index in [1.54, 1.807) is 19.9 Å². The van der Waals surface area contributed by atoms with Gasteiger partial charge in [-0.1, -0.05) is 0 Å². The highest BCUT2D eigenvalue weighted by Gasteiger charge is 2.47. The van der Waals surface area contributed by atoms with Crippen molar-refractivity contribution in [1.82, 2.24) is 15.3 Å². The van der Waals surface area contributed by atoms with Crippen molar-refractivity contribution in [1.29, 1.82) is 0 Å². The second-order valence-electron chi connectivity index (χ2n) is 11.0. The number of pyridine rings is 2. The van der Waals surface area contributed by atoms with Gasteiger partial charge in [0.15, 0.2) is 11.5 Å². The van der Waals surface area contributed by atoms with E-state index in [2.05, 4.69) is 20.0 Å². The first-order chi connectivity index (χ1) is 22.1. The van der Waals surface area contributed by atoms with Crippen LogP contribution in [0.25, 0.3) is 22.2 Å². The predicted octanol–water partition coefficient (Wildman–Crippen LogP) is 5.89. The summed E-state index contributed by atoms with van der Waals surface area (Å²) in [7, 11) is 0. The fourth-order valence-corrected chi connectivity index (χ4v) is 5.28. The number of alkyl halides is 5. The van der Waals surface area contributed by atoms with E-state index in [-0.39, 0.29) is 51.7 Å². The Labute approximate surface area is 263 Å². The number of fused-ring (bicyclic) bond motifs is 1. The fourth-order valence-electron chi connectivity index (χ4n) is 5.28. The Morgan fingerprint density at radius 3 is 2.47 bits per heavy atom. The van der Waals surface area contributed by atoms with Crippen LogP contribution in [0.2, 0.25) is 0 Å². The third-order valence-electron chi connectivity index (χ3n) is 7.65. The average Bonchev–Trinajstić information content (AvgIpc) is 3.85. The second-order valence-corrected chi connectivity index (χ2v) is 11.0. The van der Waals surface area contributed by atoms with Gasteiger partial charge in [0.05, 0.1) is 30.0 Å². The van der Waals surface area contributed by atoms with Gasteiger partial charge >= 0.3 is 12.8 Å². The largest absolute Gasteiger partial charge is 0.491 e. The number of benzene rings is 2. The maximum absolute atomic E-state index is 14.2. The molecular formula is C32H28F6N4O5. The van der Waals surface area contributed by atoms with Crippen LogP contribution in [0.1, 0.15) is 57.3 Å². The van der Waals surface area contributed by atoms with E-state index in [0.717, 1.165) is 18.2 Å². The van der Waals surface area contributed by atoms with Gasteiger partial charge < -0.3 is 25.6 Å². The lowest BCUT2D eigenvalue weighted by Gasteiger charge is -2.29. The van der Waals surface area contributed by atoms with Crippen LogP contribution >= 0.6 is 0 Å². The second kappa shape index (κ2) is 12.7. The molecule has 248 valence electrons. The van der Waals surface area contributed by atoms with Crippen LogP contribution in [0.5, 0.6) is 11.5 Å². The molecule has 1 saturated carbocycles. The van der Waals surface area contributed by atoms with Gasteiger partial charge in [0.25, 0.3) is 11.8 Å². The zero-order valence-corrected chi connectivity index (χ0v) is 24.9. The molecule has 1 fully saturated rings. The molecule has 15 heteroatoms. The summed E-state index contributed by atoms with van der Waals surface area (Å²) in [5, 5.41) is 14.9. The van der Waals surface area contributed by atoms with Crippen molar-refractivity contribution < 1.29 is 50.5 Å². The number of aliphatic hydroxyl groups is 1. The minimum atomic E-state index is -5.06. The normalized spacial score (nSPS) is 14.6. The van der Waals surface area contributed by atoms with Crippen LogP contribution in [0.15, 0.2) is 48.7 Å². The molecule has 2 heterocycles. The Morgan fingerprint density at radius 2 is 1.85 bits per heavy atom. The number of halogens is 6. The number of primary amides is 1. The van der Waals surface area contributed by atoms with Crippen LogP contribution in [-0.2, 0) is 11.8 Å². The van der Waals surface area contributed by atoms with Gasteiger partial charge in [-0.3, -0.25) is 14.6 Å². The molecule has 0 aliphatic heterocycles. The van der Waals surface area contributed by atoms with Gasteiger partial charge in [0.2, 0.25) is 0 Å². The highest BCUT2D eigenvalue weighted by Crippen LogP contribution is 2.47. The summed E-state index contributed by atoms with van der Waals surface area (Å²) in [4.78, 5) is 34.4. The molecule has 0 saturated heterocycles. The summed E-state index contributed by atoms with van der Waals surface area (Å²) in [6, 6.07) is 7.34. The van der Waals surface area contributed by atoms with Crippen molar-refractivity contribution in [3.05, 3.63) is 82.4 Å². The van der Waals surface area contributed by atoms with Gasteiger partial charge in [0, 0.05) is 22.7 Å². The molecule has 0 spiro atoms. The number of aryl methyl sites for hydroxylation is 1. The number of amides is 2. The monoisotopic (exact) mass is 662 g/mol. The molecule has 47 heavy (non-hydrogen) atoms. The Bertz CT molecular complexity index is 1860. The quantitative estimate of drug-likeness (QED) is 0.171. The number of carbonyl (C=O) groups excluding carboxylic acids is 2. The van der Waals surface area contributed by atoms with Crippen LogP contribution in [0.4, 0.5) is 26.3 Å². The predicted molar refractivity (Wildman–Crippen MR) is 156 cm³/mol. The molecule has 0 unspecified atom stereocenters. The summed E-state index contributed by atoms with van der Waals surface area (Å²) in [6.07, 6.45) is -2.69. The molecule has 4 N–H and O–H groups in total. The Morgan fingerprint density at radius 1 is 1.13 bits per heavy atom. The molecule has 5 rings (SSSR count). The molecule has 2 amide bonds. The molecule has 2 aromatic carbocycles. The van der Waals surface area contributed by atoms with Crippen molar-refractivity contribution in [3.8, 4) is 22.8 Å². The van der Waals surface area contributed by atoms with Gasteiger partial charge in [-0.15, -0.1) is 0 Å². The zero-order valence-electron chi connectivity index (χ0n) is 24.9. The third-order valence-corrected chi connectivity index (χ3v) is 7.65. The Balaban J connectivity index is 1.57. The van der Waals surface area contributed by atoms with E-state index < -0.39 is 54.0 Å². The van der Waals surface area contributed by atoms with Gasteiger partial charge in [-0.25, -0.2) is 9.37 Å². The van der Waals surface area contributed by atoms with E-state index in [1.807, 2.05) is 0 Å². The van der Waals surface area contributed by atoms with Crippen molar-refractivity contribution in [2.45, 2.75) is 45.1 Å². The molecule has 9 nitrogen and oxygen atoms in total. The smallest absolute Gasteiger partial charge is 0.419 e. The summed E-state index contributed by atoms with van der Waals surface area (Å²) in [6.45, 7) is -0.500.